The summed E-state index contributed by atoms with van der Waals surface area (Å²) in [7, 11) is 0. The number of rotatable bonds is 4. The highest BCUT2D eigenvalue weighted by atomic mass is 16.1. The van der Waals surface area contributed by atoms with E-state index in [0.717, 1.165) is 24.7 Å². The summed E-state index contributed by atoms with van der Waals surface area (Å²) < 4.78 is 0. The van der Waals surface area contributed by atoms with E-state index in [4.69, 9.17) is 0 Å². The highest BCUT2D eigenvalue weighted by Crippen LogP contribution is 2.58. The number of benzene rings is 1. The molecule has 2 fully saturated rings. The van der Waals surface area contributed by atoms with Gasteiger partial charge in [-0.1, -0.05) is 36.8 Å². The summed E-state index contributed by atoms with van der Waals surface area (Å²) in [6.45, 7) is 0. The summed E-state index contributed by atoms with van der Waals surface area (Å²) in [6.07, 6.45) is 5.66. The molecule has 2 aliphatic rings. The van der Waals surface area contributed by atoms with Crippen LogP contribution in [0.3, 0.4) is 0 Å². The third-order valence-corrected chi connectivity index (χ3v) is 4.28. The number of fused-ring (bicyclic) bond motifs is 1. The second kappa shape index (κ2) is 4.04. The zero-order chi connectivity index (χ0) is 11.0. The summed E-state index contributed by atoms with van der Waals surface area (Å²) in [6, 6.07) is 10.3. The van der Waals surface area contributed by atoms with Gasteiger partial charge in [-0.2, -0.15) is 0 Å². The number of hydrogen-bond acceptors (Lipinski definition) is 1. The molecule has 0 amide bonds. The molecule has 0 N–H and O–H groups in total. The molecular weight excluding hydrogens is 196 g/mol. The molecule has 0 bridgehead atoms. The molecule has 1 nitrogen and oxygen atoms in total. The monoisotopic (exact) mass is 214 g/mol. The zero-order valence-electron chi connectivity index (χ0n) is 9.56. The fraction of sp³-hybridized carbons (Fsp3) is 0.533. The highest BCUT2D eigenvalue weighted by molar-refractivity contribution is 5.84. The average molecular weight is 214 g/mol. The van der Waals surface area contributed by atoms with Gasteiger partial charge in [0.25, 0.3) is 0 Å². The molecule has 2 saturated carbocycles. The van der Waals surface area contributed by atoms with Crippen LogP contribution in [0.2, 0.25) is 0 Å². The van der Waals surface area contributed by atoms with E-state index in [-0.39, 0.29) is 0 Å². The van der Waals surface area contributed by atoms with Gasteiger partial charge in [0.05, 0.1) is 0 Å². The minimum absolute atomic E-state index is 0.456. The average Bonchev–Trinajstić information content (AvgIpc) is 2.81. The van der Waals surface area contributed by atoms with E-state index < -0.39 is 0 Å². The lowest BCUT2D eigenvalue weighted by Gasteiger charge is -2.03. The predicted molar refractivity (Wildman–Crippen MR) is 64.1 cm³/mol. The number of aryl methyl sites for hydroxylation is 1. The van der Waals surface area contributed by atoms with Gasteiger partial charge >= 0.3 is 0 Å². The molecule has 2 unspecified atom stereocenters. The first kappa shape index (κ1) is 10.1. The van der Waals surface area contributed by atoms with Crippen molar-refractivity contribution < 1.29 is 4.79 Å². The predicted octanol–water partition coefficient (Wildman–Crippen LogP) is 3.23. The first-order valence-corrected chi connectivity index (χ1v) is 6.43. The van der Waals surface area contributed by atoms with Crippen molar-refractivity contribution in [1.82, 2.24) is 0 Å². The summed E-state index contributed by atoms with van der Waals surface area (Å²) in [5, 5.41) is 0. The Morgan fingerprint density at radius 1 is 1.12 bits per heavy atom. The van der Waals surface area contributed by atoms with E-state index >= 15 is 0 Å². The van der Waals surface area contributed by atoms with E-state index in [9.17, 15) is 4.79 Å². The van der Waals surface area contributed by atoms with Crippen LogP contribution in [0.5, 0.6) is 0 Å². The lowest BCUT2D eigenvalue weighted by Crippen LogP contribution is -2.06. The minimum Gasteiger partial charge on any atom is -0.299 e. The van der Waals surface area contributed by atoms with Crippen molar-refractivity contribution in [2.24, 2.45) is 17.8 Å². The zero-order valence-corrected chi connectivity index (χ0v) is 9.56. The highest BCUT2D eigenvalue weighted by Gasteiger charge is 2.55. The third kappa shape index (κ3) is 1.79. The van der Waals surface area contributed by atoms with Gasteiger partial charge in [-0.15, -0.1) is 0 Å². The van der Waals surface area contributed by atoms with Crippen LogP contribution in [0.25, 0.3) is 0 Å². The van der Waals surface area contributed by atoms with Gasteiger partial charge in [-0.3, -0.25) is 4.79 Å². The first-order chi connectivity index (χ1) is 7.86. The Morgan fingerprint density at radius 2 is 1.81 bits per heavy atom. The van der Waals surface area contributed by atoms with Crippen LogP contribution >= 0.6 is 0 Å². The number of carbonyl (C=O) groups excluding carboxylic acids is 1. The Morgan fingerprint density at radius 3 is 2.50 bits per heavy atom. The van der Waals surface area contributed by atoms with E-state index in [1.54, 1.807) is 0 Å². The molecule has 1 heteroatoms. The van der Waals surface area contributed by atoms with Crippen LogP contribution in [-0.2, 0) is 11.2 Å². The molecule has 1 aromatic carbocycles. The summed E-state index contributed by atoms with van der Waals surface area (Å²) in [5.41, 5.74) is 1.29. The molecule has 1 aromatic rings. The second-order valence-corrected chi connectivity index (χ2v) is 5.24. The van der Waals surface area contributed by atoms with E-state index in [2.05, 4.69) is 12.1 Å². The van der Waals surface area contributed by atoms with Crippen molar-refractivity contribution in [1.29, 1.82) is 0 Å². The topological polar surface area (TPSA) is 17.1 Å². The smallest absolute Gasteiger partial charge is 0.136 e. The van der Waals surface area contributed by atoms with Crippen LogP contribution < -0.4 is 0 Å². The molecule has 84 valence electrons. The Bertz CT molecular complexity index is 372. The van der Waals surface area contributed by atoms with Gasteiger partial charge < -0.3 is 0 Å². The van der Waals surface area contributed by atoms with Crippen LogP contribution in [-0.4, -0.2) is 5.78 Å². The lowest BCUT2D eigenvalue weighted by atomic mass is 10.0. The van der Waals surface area contributed by atoms with Gasteiger partial charge in [0.1, 0.15) is 5.78 Å². The third-order valence-electron chi connectivity index (χ3n) is 4.28. The van der Waals surface area contributed by atoms with Crippen molar-refractivity contribution >= 4 is 5.78 Å². The number of ketones is 1. The van der Waals surface area contributed by atoms with Gasteiger partial charge in [0, 0.05) is 12.3 Å². The molecule has 16 heavy (non-hydrogen) atoms. The van der Waals surface area contributed by atoms with Crippen LogP contribution in [0, 0.1) is 17.8 Å². The van der Waals surface area contributed by atoms with Gasteiger partial charge in [-0.25, -0.2) is 0 Å². The van der Waals surface area contributed by atoms with Crippen LogP contribution in [0.1, 0.15) is 31.2 Å². The SMILES string of the molecule is O=C(CCc1ccccc1)C1C2CCCC21. The van der Waals surface area contributed by atoms with Crippen LogP contribution in [0.4, 0.5) is 0 Å². The number of carbonyl (C=O) groups is 1. The molecule has 0 saturated heterocycles. The Hall–Kier alpha value is -1.11. The van der Waals surface area contributed by atoms with Crippen LogP contribution in [0.15, 0.2) is 30.3 Å². The Balaban J connectivity index is 1.51. The molecule has 0 aromatic heterocycles. The van der Waals surface area contributed by atoms with Gasteiger partial charge in [-0.05, 0) is 36.7 Å². The maximum atomic E-state index is 12.0. The van der Waals surface area contributed by atoms with Crippen molar-refractivity contribution in [2.75, 3.05) is 0 Å². The maximum absolute atomic E-state index is 12.0. The largest absolute Gasteiger partial charge is 0.299 e. The van der Waals surface area contributed by atoms with E-state index in [1.807, 2.05) is 18.2 Å². The normalized spacial score (nSPS) is 31.1. The number of hydrogen-bond donors (Lipinski definition) is 0. The number of Topliss-reactive ketones (excluding diaryl/α,β-unsaturated/α-hetero) is 1. The van der Waals surface area contributed by atoms with E-state index in [1.165, 1.54) is 24.8 Å². The van der Waals surface area contributed by atoms with Crippen molar-refractivity contribution in [2.45, 2.75) is 32.1 Å². The quantitative estimate of drug-likeness (QED) is 0.752. The minimum atomic E-state index is 0.456. The second-order valence-electron chi connectivity index (χ2n) is 5.24. The van der Waals surface area contributed by atoms with E-state index in [0.29, 0.717) is 11.7 Å². The molecule has 2 aliphatic carbocycles. The standard InChI is InChI=1S/C15H18O/c16-14(15-12-7-4-8-13(12)15)10-9-11-5-2-1-3-6-11/h1-3,5-6,12-13,15H,4,7-10H2. The maximum Gasteiger partial charge on any atom is 0.136 e. The lowest BCUT2D eigenvalue weighted by molar-refractivity contribution is -0.120. The fourth-order valence-corrected chi connectivity index (χ4v) is 3.38. The summed E-state index contributed by atoms with van der Waals surface area (Å²) >= 11 is 0. The van der Waals surface area contributed by atoms with Gasteiger partial charge in [0.15, 0.2) is 0 Å². The van der Waals surface area contributed by atoms with Crippen molar-refractivity contribution in [3.8, 4) is 0 Å². The Kier molecular flexibility index (Phi) is 2.55. The molecular formula is C15H18O. The molecule has 3 rings (SSSR count). The van der Waals surface area contributed by atoms with Crippen molar-refractivity contribution in [3.63, 3.8) is 0 Å². The fourth-order valence-electron chi connectivity index (χ4n) is 3.38. The summed E-state index contributed by atoms with van der Waals surface area (Å²) in [4.78, 5) is 12.0. The molecule has 2 atom stereocenters. The first-order valence-electron chi connectivity index (χ1n) is 6.43. The summed E-state index contributed by atoms with van der Waals surface area (Å²) in [5.74, 6) is 2.54. The molecule has 0 heterocycles. The molecule has 0 aliphatic heterocycles. The van der Waals surface area contributed by atoms with Gasteiger partial charge in [0.2, 0.25) is 0 Å². The van der Waals surface area contributed by atoms with Crippen molar-refractivity contribution in [3.05, 3.63) is 35.9 Å². The Labute approximate surface area is 96.9 Å². The molecule has 0 radical (unpaired) electrons. The molecule has 0 spiro atoms.